The van der Waals surface area contributed by atoms with Crippen molar-refractivity contribution >= 4 is 10.9 Å². The minimum atomic E-state index is 0.207. The Morgan fingerprint density at radius 2 is 2.05 bits per heavy atom. The number of fused-ring (bicyclic) bond motifs is 5. The molecule has 2 aliphatic heterocycles. The van der Waals surface area contributed by atoms with E-state index < -0.39 is 0 Å². The van der Waals surface area contributed by atoms with Crippen LogP contribution < -0.4 is 0 Å². The molecule has 0 amide bonds. The van der Waals surface area contributed by atoms with Crippen molar-refractivity contribution in [3.05, 3.63) is 35.5 Å². The summed E-state index contributed by atoms with van der Waals surface area (Å²) in [5, 5.41) is 1.46. The summed E-state index contributed by atoms with van der Waals surface area (Å²) in [6.45, 7) is 7.39. The molecule has 1 aromatic carbocycles. The number of hydrogen-bond acceptors (Lipinski definition) is 1. The number of aryl methyl sites for hydroxylation is 1. The highest BCUT2D eigenvalue weighted by Crippen LogP contribution is 2.47. The van der Waals surface area contributed by atoms with E-state index in [1.54, 1.807) is 5.56 Å². The average molecular weight is 296 g/mol. The second-order valence-electron chi connectivity index (χ2n) is 7.39. The Balaban J connectivity index is 1.91. The number of benzene rings is 1. The molecule has 0 bridgehead atoms. The molecule has 2 aliphatic rings. The zero-order valence-electron chi connectivity index (χ0n) is 14.0. The molecule has 1 fully saturated rings. The fraction of sp³-hybridized carbons (Fsp3) is 0.600. The predicted molar refractivity (Wildman–Crippen MR) is 93.2 cm³/mol. The van der Waals surface area contributed by atoms with Gasteiger partial charge in [-0.3, -0.25) is 4.90 Å². The van der Waals surface area contributed by atoms with Gasteiger partial charge in [0, 0.05) is 16.6 Å². The molecule has 118 valence electrons. The lowest BCUT2D eigenvalue weighted by atomic mass is 9.72. The van der Waals surface area contributed by atoms with Crippen molar-refractivity contribution < 1.29 is 0 Å². The number of rotatable bonds is 2. The van der Waals surface area contributed by atoms with Gasteiger partial charge < -0.3 is 4.98 Å². The Bertz CT molecular complexity index is 669. The number of aromatic nitrogens is 1. The second-order valence-corrected chi connectivity index (χ2v) is 7.39. The summed E-state index contributed by atoms with van der Waals surface area (Å²) in [4.78, 5) is 6.63. The van der Waals surface area contributed by atoms with Gasteiger partial charge in [-0.05, 0) is 69.7 Å². The molecular formula is C20H28N2. The normalized spacial score (nSPS) is 29.1. The van der Waals surface area contributed by atoms with Gasteiger partial charge in [-0.2, -0.15) is 0 Å². The highest BCUT2D eigenvalue weighted by molar-refractivity contribution is 5.85. The van der Waals surface area contributed by atoms with Crippen molar-refractivity contribution in [1.29, 1.82) is 0 Å². The molecule has 22 heavy (non-hydrogen) atoms. The van der Waals surface area contributed by atoms with Gasteiger partial charge in [0.15, 0.2) is 0 Å². The quantitative estimate of drug-likeness (QED) is 0.840. The van der Waals surface area contributed by atoms with E-state index >= 15 is 0 Å². The van der Waals surface area contributed by atoms with Crippen molar-refractivity contribution in [3.8, 4) is 0 Å². The molecule has 1 N–H and O–H groups in total. The summed E-state index contributed by atoms with van der Waals surface area (Å²) in [6, 6.07) is 8.89. The Morgan fingerprint density at radius 1 is 1.23 bits per heavy atom. The number of nitrogens with zero attached hydrogens (tertiary/aromatic N) is 1. The van der Waals surface area contributed by atoms with Crippen molar-refractivity contribution in [1.82, 2.24) is 9.88 Å². The largest absolute Gasteiger partial charge is 0.357 e. The zero-order chi connectivity index (χ0) is 15.2. The Hall–Kier alpha value is -1.28. The third-order valence-corrected chi connectivity index (χ3v) is 6.24. The van der Waals surface area contributed by atoms with Crippen LogP contribution in [-0.4, -0.2) is 23.0 Å². The maximum Gasteiger partial charge on any atom is 0.0614 e. The average Bonchev–Trinajstić information content (AvgIpc) is 2.84. The van der Waals surface area contributed by atoms with Crippen LogP contribution in [0.1, 0.15) is 57.2 Å². The molecule has 2 atom stereocenters. The maximum absolute atomic E-state index is 3.84. The standard InChI is InChI=1S/C20H28N2/c1-3-8-15-9-6-13-22-14-7-11-17-16-10-4-5-12-18(16)21-19(17)20(15,22)2/h4-5,10,12,15,21H,3,6-9,11,13-14H2,1-2H3/t15-,20-/m0/s1. The minimum absolute atomic E-state index is 0.207. The third kappa shape index (κ3) is 1.96. The molecular weight excluding hydrogens is 268 g/mol. The predicted octanol–water partition coefficient (Wildman–Crippen LogP) is 4.84. The molecule has 4 rings (SSSR count). The van der Waals surface area contributed by atoms with E-state index in [4.69, 9.17) is 0 Å². The summed E-state index contributed by atoms with van der Waals surface area (Å²) >= 11 is 0. The lowest BCUT2D eigenvalue weighted by molar-refractivity contribution is -0.000470. The highest BCUT2D eigenvalue weighted by atomic mass is 15.2. The molecule has 1 saturated heterocycles. The van der Waals surface area contributed by atoms with Crippen molar-refractivity contribution in [2.24, 2.45) is 5.92 Å². The van der Waals surface area contributed by atoms with Crippen LogP contribution >= 0.6 is 0 Å². The lowest BCUT2D eigenvalue weighted by Gasteiger charge is -2.49. The number of piperidine rings is 1. The van der Waals surface area contributed by atoms with Gasteiger partial charge in [-0.1, -0.05) is 31.5 Å². The van der Waals surface area contributed by atoms with Crippen LogP contribution in [0, 0.1) is 5.92 Å². The van der Waals surface area contributed by atoms with E-state index in [1.165, 1.54) is 68.2 Å². The first-order valence-electron chi connectivity index (χ1n) is 9.10. The number of para-hydroxylation sites is 1. The molecule has 2 nitrogen and oxygen atoms in total. The molecule has 2 aromatic rings. The molecule has 0 saturated carbocycles. The minimum Gasteiger partial charge on any atom is -0.357 e. The summed E-state index contributed by atoms with van der Waals surface area (Å²) in [6.07, 6.45) is 7.92. The Kier molecular flexibility index (Phi) is 3.53. The van der Waals surface area contributed by atoms with Crippen LogP contribution in [0.3, 0.4) is 0 Å². The topological polar surface area (TPSA) is 19.0 Å². The highest BCUT2D eigenvalue weighted by Gasteiger charge is 2.46. The van der Waals surface area contributed by atoms with E-state index in [0.29, 0.717) is 0 Å². The van der Waals surface area contributed by atoms with E-state index in [1.807, 2.05) is 0 Å². The van der Waals surface area contributed by atoms with Crippen molar-refractivity contribution in [2.75, 3.05) is 13.1 Å². The number of nitrogens with one attached hydrogen (secondary N) is 1. The fourth-order valence-electron chi connectivity index (χ4n) is 5.12. The van der Waals surface area contributed by atoms with Gasteiger partial charge in [-0.15, -0.1) is 0 Å². The van der Waals surface area contributed by atoms with Gasteiger partial charge in [0.25, 0.3) is 0 Å². The van der Waals surface area contributed by atoms with Gasteiger partial charge in [-0.25, -0.2) is 0 Å². The number of H-pyrrole nitrogens is 1. The SMILES string of the molecule is CCC[C@H]1CCCN2CCCc3c([nH]c4ccccc34)[C@]12C. The van der Waals surface area contributed by atoms with E-state index in [-0.39, 0.29) is 5.54 Å². The second kappa shape index (κ2) is 5.42. The number of aromatic amines is 1. The van der Waals surface area contributed by atoms with E-state index in [0.717, 1.165) is 5.92 Å². The van der Waals surface area contributed by atoms with Crippen molar-refractivity contribution in [2.45, 2.75) is 57.9 Å². The van der Waals surface area contributed by atoms with Gasteiger partial charge >= 0.3 is 0 Å². The Labute approximate surface area is 133 Å². The lowest BCUT2D eigenvalue weighted by Crippen LogP contribution is -2.53. The zero-order valence-corrected chi connectivity index (χ0v) is 14.0. The molecule has 0 spiro atoms. The van der Waals surface area contributed by atoms with Crippen LogP contribution in [-0.2, 0) is 12.0 Å². The van der Waals surface area contributed by atoms with E-state index in [9.17, 15) is 0 Å². The van der Waals surface area contributed by atoms with Crippen LogP contribution in [0.25, 0.3) is 10.9 Å². The van der Waals surface area contributed by atoms with Crippen LogP contribution in [0.5, 0.6) is 0 Å². The fourth-order valence-corrected chi connectivity index (χ4v) is 5.12. The van der Waals surface area contributed by atoms with Crippen LogP contribution in [0.2, 0.25) is 0 Å². The van der Waals surface area contributed by atoms with Crippen LogP contribution in [0.15, 0.2) is 24.3 Å². The molecule has 1 aromatic heterocycles. The summed E-state index contributed by atoms with van der Waals surface area (Å²) in [5.74, 6) is 0.788. The van der Waals surface area contributed by atoms with Crippen molar-refractivity contribution in [3.63, 3.8) is 0 Å². The van der Waals surface area contributed by atoms with Gasteiger partial charge in [0.1, 0.15) is 0 Å². The van der Waals surface area contributed by atoms with Gasteiger partial charge in [0.2, 0.25) is 0 Å². The smallest absolute Gasteiger partial charge is 0.0614 e. The first-order chi connectivity index (χ1) is 10.7. The summed E-state index contributed by atoms with van der Waals surface area (Å²) in [5.41, 5.74) is 4.67. The molecule has 0 radical (unpaired) electrons. The Morgan fingerprint density at radius 3 is 2.91 bits per heavy atom. The first-order valence-corrected chi connectivity index (χ1v) is 9.10. The molecule has 0 unspecified atom stereocenters. The maximum atomic E-state index is 3.84. The van der Waals surface area contributed by atoms with E-state index in [2.05, 4.69) is 48.0 Å². The van der Waals surface area contributed by atoms with Crippen LogP contribution in [0.4, 0.5) is 0 Å². The first kappa shape index (κ1) is 14.3. The molecule has 2 heteroatoms. The summed E-state index contributed by atoms with van der Waals surface area (Å²) < 4.78 is 0. The molecule has 3 heterocycles. The molecule has 0 aliphatic carbocycles. The van der Waals surface area contributed by atoms with Gasteiger partial charge in [0.05, 0.1) is 5.54 Å². The summed E-state index contributed by atoms with van der Waals surface area (Å²) in [7, 11) is 0. The number of hydrogen-bond donors (Lipinski definition) is 1. The third-order valence-electron chi connectivity index (χ3n) is 6.24. The monoisotopic (exact) mass is 296 g/mol.